The van der Waals surface area contributed by atoms with Crippen molar-refractivity contribution in [2.75, 3.05) is 17.9 Å². The molecule has 2 aromatic carbocycles. The summed E-state index contributed by atoms with van der Waals surface area (Å²) in [5.41, 5.74) is 0.442. The molecule has 1 aliphatic carbocycles. The van der Waals surface area contributed by atoms with E-state index >= 15 is 0 Å². The first-order chi connectivity index (χ1) is 14.0. The minimum absolute atomic E-state index is 0.0903. The van der Waals surface area contributed by atoms with Crippen molar-refractivity contribution in [3.05, 3.63) is 48.5 Å². The molecule has 1 amide bonds. The molecule has 0 radical (unpaired) electrons. The van der Waals surface area contributed by atoms with E-state index in [-0.39, 0.29) is 23.5 Å². The summed E-state index contributed by atoms with van der Waals surface area (Å²) in [5, 5.41) is 2.95. The number of amides is 1. The third-order valence-electron chi connectivity index (χ3n) is 4.64. The molecule has 0 saturated heterocycles. The lowest BCUT2D eigenvalue weighted by Gasteiger charge is -2.13. The summed E-state index contributed by atoms with van der Waals surface area (Å²) in [6.07, 6.45) is 4.32. The predicted octanol–water partition coefficient (Wildman–Crippen LogP) is 3.32. The van der Waals surface area contributed by atoms with Crippen molar-refractivity contribution in [1.82, 2.24) is 5.32 Å². The van der Waals surface area contributed by atoms with Gasteiger partial charge in [-0.25, -0.2) is 8.42 Å². The first-order valence-corrected chi connectivity index (χ1v) is 11.2. The number of anilines is 1. The van der Waals surface area contributed by atoms with Gasteiger partial charge in [0.15, 0.2) is 6.61 Å². The average molecular weight is 419 g/mol. The van der Waals surface area contributed by atoms with Crippen molar-refractivity contribution in [2.45, 2.75) is 43.5 Å². The Kier molecular flexibility index (Phi) is 6.98. The molecule has 0 heterocycles. The van der Waals surface area contributed by atoms with Gasteiger partial charge in [-0.05, 0) is 68.3 Å². The third kappa shape index (κ3) is 6.12. The van der Waals surface area contributed by atoms with Crippen LogP contribution in [-0.2, 0) is 14.8 Å². The number of hydrogen-bond acceptors (Lipinski definition) is 5. The van der Waals surface area contributed by atoms with Crippen molar-refractivity contribution in [1.29, 1.82) is 0 Å². The average Bonchev–Trinajstić information content (AvgIpc) is 3.21. The van der Waals surface area contributed by atoms with Crippen LogP contribution in [0.5, 0.6) is 11.5 Å². The van der Waals surface area contributed by atoms with Gasteiger partial charge < -0.3 is 14.8 Å². The van der Waals surface area contributed by atoms with Gasteiger partial charge in [-0.15, -0.1) is 0 Å². The normalized spacial score (nSPS) is 14.4. The lowest BCUT2D eigenvalue weighted by Crippen LogP contribution is -2.36. The Bertz CT molecular complexity index is 905. The van der Waals surface area contributed by atoms with Gasteiger partial charge in [-0.1, -0.05) is 12.8 Å². The summed E-state index contributed by atoms with van der Waals surface area (Å²) in [6.45, 7) is 2.33. The molecule has 3 rings (SSSR count). The number of hydrogen-bond donors (Lipinski definition) is 2. The van der Waals surface area contributed by atoms with Crippen LogP contribution in [0.4, 0.5) is 5.69 Å². The third-order valence-corrected chi connectivity index (χ3v) is 6.04. The maximum atomic E-state index is 12.5. The van der Waals surface area contributed by atoms with E-state index < -0.39 is 10.0 Å². The van der Waals surface area contributed by atoms with Crippen LogP contribution in [0.2, 0.25) is 0 Å². The quantitative estimate of drug-likeness (QED) is 0.652. The second-order valence-corrected chi connectivity index (χ2v) is 8.55. The van der Waals surface area contributed by atoms with E-state index in [0.29, 0.717) is 23.8 Å². The van der Waals surface area contributed by atoms with E-state index in [2.05, 4.69) is 10.0 Å². The molecule has 0 aliphatic heterocycles. The highest BCUT2D eigenvalue weighted by atomic mass is 32.2. The van der Waals surface area contributed by atoms with Crippen LogP contribution in [0.1, 0.15) is 32.6 Å². The summed E-state index contributed by atoms with van der Waals surface area (Å²) in [4.78, 5) is 12.0. The van der Waals surface area contributed by atoms with E-state index in [1.165, 1.54) is 24.3 Å². The van der Waals surface area contributed by atoms with Crippen molar-refractivity contribution in [3.8, 4) is 11.5 Å². The molecule has 1 saturated carbocycles. The Balaban J connectivity index is 1.54. The number of carbonyl (C=O) groups is 1. The van der Waals surface area contributed by atoms with Crippen LogP contribution in [0.25, 0.3) is 0 Å². The molecule has 0 spiro atoms. The molecule has 0 aromatic heterocycles. The molecule has 0 unspecified atom stereocenters. The van der Waals surface area contributed by atoms with Gasteiger partial charge in [0.25, 0.3) is 15.9 Å². The van der Waals surface area contributed by atoms with E-state index in [0.717, 1.165) is 25.7 Å². The van der Waals surface area contributed by atoms with Crippen molar-refractivity contribution >= 4 is 21.6 Å². The number of rotatable bonds is 9. The fraction of sp³-hybridized carbons (Fsp3) is 0.381. The van der Waals surface area contributed by atoms with Gasteiger partial charge in [0.2, 0.25) is 0 Å². The summed E-state index contributed by atoms with van der Waals surface area (Å²) < 4.78 is 38.4. The molecule has 156 valence electrons. The molecule has 2 aromatic rings. The van der Waals surface area contributed by atoms with E-state index in [1.807, 2.05) is 6.92 Å². The first-order valence-electron chi connectivity index (χ1n) is 9.74. The van der Waals surface area contributed by atoms with Gasteiger partial charge >= 0.3 is 0 Å². The highest BCUT2D eigenvalue weighted by Crippen LogP contribution is 2.21. The molecule has 2 N–H and O–H groups in total. The standard InChI is InChI=1S/C21H26N2O5S/c1-2-27-18-9-7-17(8-10-18)23-29(25,26)20-13-11-19(12-14-20)28-15-21(24)22-16-5-3-4-6-16/h7-14,16,23H,2-6,15H2,1H3,(H,22,24). The van der Waals surface area contributed by atoms with Crippen molar-refractivity contribution in [3.63, 3.8) is 0 Å². The number of ether oxygens (including phenoxy) is 2. The van der Waals surface area contributed by atoms with Gasteiger partial charge in [0, 0.05) is 11.7 Å². The first kappa shape index (κ1) is 21.0. The monoisotopic (exact) mass is 418 g/mol. The molecule has 1 aliphatic rings. The maximum absolute atomic E-state index is 12.5. The van der Waals surface area contributed by atoms with Gasteiger partial charge in [-0.2, -0.15) is 0 Å². The second-order valence-electron chi connectivity index (χ2n) is 6.87. The largest absolute Gasteiger partial charge is 0.494 e. The number of sulfonamides is 1. The van der Waals surface area contributed by atoms with Crippen LogP contribution in [0.3, 0.4) is 0 Å². The molecule has 7 nitrogen and oxygen atoms in total. The molecule has 0 atom stereocenters. The predicted molar refractivity (Wildman–Crippen MR) is 111 cm³/mol. The minimum Gasteiger partial charge on any atom is -0.494 e. The number of carbonyl (C=O) groups excluding carboxylic acids is 1. The molecule has 0 bridgehead atoms. The van der Waals surface area contributed by atoms with Crippen LogP contribution in [-0.4, -0.2) is 33.6 Å². The van der Waals surface area contributed by atoms with Gasteiger partial charge in [-0.3, -0.25) is 9.52 Å². The summed E-state index contributed by atoms with van der Waals surface area (Å²) in [5.74, 6) is 0.950. The van der Waals surface area contributed by atoms with Gasteiger partial charge in [0.05, 0.1) is 11.5 Å². The molecule has 1 fully saturated rings. The van der Waals surface area contributed by atoms with Gasteiger partial charge in [0.1, 0.15) is 11.5 Å². The molecule has 29 heavy (non-hydrogen) atoms. The minimum atomic E-state index is -3.73. The maximum Gasteiger partial charge on any atom is 0.261 e. The van der Waals surface area contributed by atoms with Crippen LogP contribution < -0.4 is 19.5 Å². The Morgan fingerprint density at radius 3 is 2.17 bits per heavy atom. The van der Waals surface area contributed by atoms with E-state index in [1.54, 1.807) is 24.3 Å². The Morgan fingerprint density at radius 1 is 0.966 bits per heavy atom. The highest BCUT2D eigenvalue weighted by Gasteiger charge is 2.18. The summed E-state index contributed by atoms with van der Waals surface area (Å²) in [6, 6.07) is 12.9. The van der Waals surface area contributed by atoms with Crippen LogP contribution in [0, 0.1) is 0 Å². The van der Waals surface area contributed by atoms with Crippen molar-refractivity contribution < 1.29 is 22.7 Å². The number of benzene rings is 2. The summed E-state index contributed by atoms with van der Waals surface area (Å²) in [7, 11) is -3.73. The van der Waals surface area contributed by atoms with Crippen LogP contribution >= 0.6 is 0 Å². The molecular weight excluding hydrogens is 392 g/mol. The zero-order valence-corrected chi connectivity index (χ0v) is 17.2. The fourth-order valence-electron chi connectivity index (χ4n) is 3.20. The van der Waals surface area contributed by atoms with Crippen LogP contribution in [0.15, 0.2) is 53.4 Å². The summed E-state index contributed by atoms with van der Waals surface area (Å²) >= 11 is 0. The lowest BCUT2D eigenvalue weighted by molar-refractivity contribution is -0.123. The Morgan fingerprint density at radius 2 is 1.55 bits per heavy atom. The molecule has 8 heteroatoms. The highest BCUT2D eigenvalue weighted by molar-refractivity contribution is 7.92. The second kappa shape index (κ2) is 9.65. The lowest BCUT2D eigenvalue weighted by atomic mass is 10.2. The zero-order valence-electron chi connectivity index (χ0n) is 16.4. The zero-order chi connectivity index (χ0) is 20.7. The number of nitrogens with one attached hydrogen (secondary N) is 2. The molecular formula is C21H26N2O5S. The Labute approximate surface area is 171 Å². The Hall–Kier alpha value is -2.74. The topological polar surface area (TPSA) is 93.7 Å². The fourth-order valence-corrected chi connectivity index (χ4v) is 4.26. The smallest absolute Gasteiger partial charge is 0.261 e. The van der Waals surface area contributed by atoms with E-state index in [4.69, 9.17) is 9.47 Å². The van der Waals surface area contributed by atoms with E-state index in [9.17, 15) is 13.2 Å². The van der Waals surface area contributed by atoms with Crippen molar-refractivity contribution in [2.24, 2.45) is 0 Å². The SMILES string of the molecule is CCOc1ccc(NS(=O)(=O)c2ccc(OCC(=O)NC3CCCC3)cc2)cc1.